The van der Waals surface area contributed by atoms with Gasteiger partial charge in [0.05, 0.1) is 11.1 Å². The highest BCUT2D eigenvalue weighted by Gasteiger charge is 2.35. The number of carboxylic acids is 1. The van der Waals surface area contributed by atoms with Gasteiger partial charge in [-0.2, -0.15) is 26.3 Å². The molecule has 10 heteroatoms. The van der Waals surface area contributed by atoms with Gasteiger partial charge >= 0.3 is 18.3 Å². The van der Waals surface area contributed by atoms with Crippen LogP contribution in [0.25, 0.3) is 0 Å². The van der Waals surface area contributed by atoms with E-state index in [9.17, 15) is 35.5 Å². The third kappa shape index (κ3) is 5.99. The number of hydrogen-bond donors (Lipinski definition) is 1. The summed E-state index contributed by atoms with van der Waals surface area (Å²) in [4.78, 5) is 13.0. The smallest absolute Gasteiger partial charge is 0.419 e. The Bertz CT molecular complexity index is 954. The van der Waals surface area contributed by atoms with E-state index in [0.29, 0.717) is 31.1 Å². The quantitative estimate of drug-likeness (QED) is 0.558. The van der Waals surface area contributed by atoms with Gasteiger partial charge in [0.15, 0.2) is 0 Å². The van der Waals surface area contributed by atoms with Gasteiger partial charge < -0.3 is 5.11 Å². The van der Waals surface area contributed by atoms with Crippen LogP contribution in [-0.4, -0.2) is 29.1 Å². The normalized spacial score (nSPS) is 20.3. The number of piperidine rings is 1. The second-order valence-corrected chi connectivity index (χ2v) is 8.02. The fourth-order valence-electron chi connectivity index (χ4n) is 4.16. The van der Waals surface area contributed by atoms with Crippen molar-refractivity contribution in [3.63, 3.8) is 0 Å². The Morgan fingerprint density at radius 2 is 1.62 bits per heavy atom. The number of benzene rings is 2. The van der Waals surface area contributed by atoms with Crippen molar-refractivity contribution in [2.45, 2.75) is 37.7 Å². The number of carbonyl (C=O) groups is 1. The lowest BCUT2D eigenvalue weighted by Gasteiger charge is -2.38. The molecular formula is C22H20F7NO2. The first-order valence-electron chi connectivity index (χ1n) is 9.80. The molecule has 1 aliphatic rings. The number of likely N-dealkylation sites (tertiary alicyclic amines) is 1. The Labute approximate surface area is 179 Å². The van der Waals surface area contributed by atoms with Crippen molar-refractivity contribution in [1.82, 2.24) is 4.90 Å². The lowest BCUT2D eigenvalue weighted by atomic mass is 9.82. The van der Waals surface area contributed by atoms with Crippen LogP contribution in [0, 0.1) is 11.7 Å². The number of halogens is 7. The van der Waals surface area contributed by atoms with E-state index in [1.807, 2.05) is 0 Å². The lowest BCUT2D eigenvalue weighted by molar-refractivity contribution is -0.140. The minimum Gasteiger partial charge on any atom is -0.481 e. The Balaban J connectivity index is 1.80. The van der Waals surface area contributed by atoms with Gasteiger partial charge in [0.25, 0.3) is 0 Å². The minimum absolute atomic E-state index is 0.0856. The van der Waals surface area contributed by atoms with Crippen molar-refractivity contribution in [3.05, 3.63) is 70.5 Å². The summed E-state index contributed by atoms with van der Waals surface area (Å²) in [5.41, 5.74) is -1.27. The summed E-state index contributed by atoms with van der Waals surface area (Å²) >= 11 is 0. The maximum atomic E-state index is 13.9. The average Bonchev–Trinajstić information content (AvgIpc) is 2.65. The van der Waals surface area contributed by atoms with E-state index >= 15 is 0 Å². The molecule has 174 valence electrons. The van der Waals surface area contributed by atoms with E-state index < -0.39 is 35.3 Å². The van der Waals surface area contributed by atoms with E-state index in [1.54, 1.807) is 4.90 Å². The van der Waals surface area contributed by atoms with Gasteiger partial charge in [-0.3, -0.25) is 9.69 Å². The van der Waals surface area contributed by atoms with Crippen LogP contribution < -0.4 is 0 Å². The van der Waals surface area contributed by atoms with E-state index in [2.05, 4.69) is 0 Å². The summed E-state index contributed by atoms with van der Waals surface area (Å²) < 4.78 is 90.7. The fourth-order valence-corrected chi connectivity index (χ4v) is 4.16. The van der Waals surface area contributed by atoms with Crippen LogP contribution in [0.4, 0.5) is 30.7 Å². The van der Waals surface area contributed by atoms with Gasteiger partial charge in [-0.15, -0.1) is 0 Å². The van der Waals surface area contributed by atoms with Crippen molar-refractivity contribution >= 4 is 5.97 Å². The van der Waals surface area contributed by atoms with E-state index in [4.69, 9.17) is 5.11 Å². The molecule has 0 aliphatic carbocycles. The van der Waals surface area contributed by atoms with Crippen LogP contribution in [0.5, 0.6) is 0 Å². The maximum Gasteiger partial charge on any atom is 0.419 e. The van der Waals surface area contributed by atoms with E-state index in [0.717, 1.165) is 18.2 Å². The molecule has 0 radical (unpaired) electrons. The van der Waals surface area contributed by atoms with Crippen LogP contribution in [-0.2, 0) is 23.7 Å². The first-order chi connectivity index (χ1) is 14.8. The zero-order valence-corrected chi connectivity index (χ0v) is 16.7. The first-order valence-corrected chi connectivity index (χ1v) is 9.80. The second-order valence-electron chi connectivity index (χ2n) is 8.02. The molecule has 0 spiro atoms. The molecule has 1 N–H and O–H groups in total. The number of carboxylic acid groups (broad SMARTS) is 1. The topological polar surface area (TPSA) is 40.5 Å². The molecule has 0 bridgehead atoms. The summed E-state index contributed by atoms with van der Waals surface area (Å²) in [7, 11) is 0. The van der Waals surface area contributed by atoms with Crippen LogP contribution in [0.15, 0.2) is 42.5 Å². The van der Waals surface area contributed by atoms with Gasteiger partial charge in [-0.25, -0.2) is 4.39 Å². The third-order valence-corrected chi connectivity index (χ3v) is 5.53. The van der Waals surface area contributed by atoms with Crippen molar-refractivity contribution in [3.8, 4) is 0 Å². The zero-order chi connectivity index (χ0) is 23.7. The Morgan fingerprint density at radius 3 is 2.16 bits per heavy atom. The molecule has 0 unspecified atom stereocenters. The Hall–Kier alpha value is -2.62. The highest BCUT2D eigenvalue weighted by Crippen LogP contribution is 2.36. The Morgan fingerprint density at radius 1 is 0.969 bits per heavy atom. The van der Waals surface area contributed by atoms with E-state index in [-0.39, 0.29) is 30.4 Å². The highest BCUT2D eigenvalue weighted by molar-refractivity contribution is 5.67. The molecule has 1 heterocycles. The van der Waals surface area contributed by atoms with Gasteiger partial charge in [0.1, 0.15) is 5.82 Å². The van der Waals surface area contributed by atoms with E-state index in [1.165, 1.54) is 18.2 Å². The molecule has 0 aromatic heterocycles. The molecule has 32 heavy (non-hydrogen) atoms. The molecule has 3 rings (SSSR count). The van der Waals surface area contributed by atoms with Crippen molar-refractivity contribution in [1.29, 1.82) is 0 Å². The number of aliphatic carboxylic acids is 1. The zero-order valence-electron chi connectivity index (χ0n) is 16.7. The van der Waals surface area contributed by atoms with Crippen molar-refractivity contribution in [2.24, 2.45) is 5.92 Å². The van der Waals surface area contributed by atoms with Crippen LogP contribution in [0.2, 0.25) is 0 Å². The molecule has 2 aromatic carbocycles. The first kappa shape index (κ1) is 24.0. The summed E-state index contributed by atoms with van der Waals surface area (Å²) in [6.45, 7) is 0.762. The molecule has 1 aliphatic heterocycles. The summed E-state index contributed by atoms with van der Waals surface area (Å²) in [6.07, 6.45) is -9.01. The number of hydrogen-bond acceptors (Lipinski definition) is 2. The third-order valence-electron chi connectivity index (χ3n) is 5.53. The molecule has 2 atom stereocenters. The molecule has 2 aromatic rings. The number of nitrogens with zero attached hydrogens (tertiary/aromatic N) is 1. The molecule has 1 fully saturated rings. The second kappa shape index (κ2) is 9.09. The maximum absolute atomic E-state index is 13.9. The van der Waals surface area contributed by atoms with Gasteiger partial charge in [0.2, 0.25) is 0 Å². The monoisotopic (exact) mass is 463 g/mol. The lowest BCUT2D eigenvalue weighted by Crippen LogP contribution is -2.39. The summed E-state index contributed by atoms with van der Waals surface area (Å²) in [5, 5.41) is 9.17. The average molecular weight is 463 g/mol. The SMILES string of the molecule is O=C(O)C[C@H]1C[C@H](c2ccc(C(F)(F)F)cc2)CN(Cc2ccc(C(F)(F)F)c(F)c2)C1. The van der Waals surface area contributed by atoms with Gasteiger partial charge in [-0.05, 0) is 53.6 Å². The number of rotatable bonds is 5. The predicted octanol–water partition coefficient (Wildman–Crippen LogP) is 5.94. The number of alkyl halides is 6. The van der Waals surface area contributed by atoms with Gasteiger partial charge in [-0.1, -0.05) is 18.2 Å². The molecule has 1 saturated heterocycles. The fraction of sp³-hybridized carbons (Fsp3) is 0.409. The summed E-state index contributed by atoms with van der Waals surface area (Å²) in [5.74, 6) is -3.00. The molecule has 0 amide bonds. The standard InChI is InChI=1S/C22H20F7NO2/c23-19-8-13(1-6-18(19)22(27,28)29)10-30-11-14(9-20(31)32)7-16(12-30)15-2-4-17(5-3-15)21(24,25)26/h1-6,8,14,16H,7,9-12H2,(H,31,32)/t14-,16+/m1/s1. The summed E-state index contributed by atoms with van der Waals surface area (Å²) in [6, 6.07) is 7.27. The molecule has 0 saturated carbocycles. The molecular weight excluding hydrogens is 443 g/mol. The Kier molecular flexibility index (Phi) is 6.83. The van der Waals surface area contributed by atoms with Gasteiger partial charge in [0, 0.05) is 26.1 Å². The highest BCUT2D eigenvalue weighted by atomic mass is 19.4. The van der Waals surface area contributed by atoms with Crippen molar-refractivity contribution in [2.75, 3.05) is 13.1 Å². The molecule has 3 nitrogen and oxygen atoms in total. The van der Waals surface area contributed by atoms with Crippen LogP contribution >= 0.6 is 0 Å². The van der Waals surface area contributed by atoms with Crippen LogP contribution in [0.1, 0.15) is 41.0 Å². The predicted molar refractivity (Wildman–Crippen MR) is 101 cm³/mol. The van der Waals surface area contributed by atoms with Crippen LogP contribution in [0.3, 0.4) is 0 Å². The van der Waals surface area contributed by atoms with Crippen molar-refractivity contribution < 1.29 is 40.6 Å². The largest absolute Gasteiger partial charge is 0.481 e. The minimum atomic E-state index is -4.81.